The first kappa shape index (κ1) is 16.2. The Kier molecular flexibility index (Phi) is 4.76. The number of hydrogen-bond donors (Lipinski definition) is 1. The third kappa shape index (κ3) is 3.72. The van der Waals surface area contributed by atoms with Crippen molar-refractivity contribution in [1.29, 1.82) is 0 Å². The highest BCUT2D eigenvalue weighted by Crippen LogP contribution is 2.21. The van der Waals surface area contributed by atoms with Crippen molar-refractivity contribution < 1.29 is 9.53 Å². The van der Waals surface area contributed by atoms with Gasteiger partial charge in [-0.1, -0.05) is 30.3 Å². The van der Waals surface area contributed by atoms with E-state index in [1.165, 1.54) is 0 Å². The molecule has 1 N–H and O–H groups in total. The summed E-state index contributed by atoms with van der Waals surface area (Å²) in [6, 6.07) is 10.1. The van der Waals surface area contributed by atoms with Gasteiger partial charge in [0.25, 0.3) is 0 Å². The zero-order valence-corrected chi connectivity index (χ0v) is 14.2. The quantitative estimate of drug-likeness (QED) is 0.880. The Morgan fingerprint density at radius 3 is 2.92 bits per heavy atom. The molecule has 0 aliphatic carbocycles. The third-order valence-electron chi connectivity index (χ3n) is 4.78. The summed E-state index contributed by atoms with van der Waals surface area (Å²) in [5, 5.41) is 11.6. The fraction of sp³-hybridized carbons (Fsp3) is 0.500. The second-order valence-corrected chi connectivity index (χ2v) is 6.61. The summed E-state index contributed by atoms with van der Waals surface area (Å²) in [6.07, 6.45) is 2.31. The maximum absolute atomic E-state index is 12.2. The van der Waals surface area contributed by atoms with E-state index in [1.54, 1.807) is 0 Å². The van der Waals surface area contributed by atoms with E-state index in [1.807, 2.05) is 30.3 Å². The van der Waals surface area contributed by atoms with Crippen LogP contribution in [0.2, 0.25) is 0 Å². The molecule has 0 bridgehead atoms. The number of rotatable bonds is 5. The lowest BCUT2D eigenvalue weighted by Gasteiger charge is -2.27. The molecule has 132 valence electrons. The molecular formula is C18H23N5O2. The summed E-state index contributed by atoms with van der Waals surface area (Å²) < 4.78 is 7.68. The van der Waals surface area contributed by atoms with Gasteiger partial charge in [-0.3, -0.25) is 9.69 Å². The number of ether oxygens (including phenoxy) is 1. The van der Waals surface area contributed by atoms with Gasteiger partial charge in [-0.15, -0.1) is 10.2 Å². The fourth-order valence-electron chi connectivity index (χ4n) is 3.44. The van der Waals surface area contributed by atoms with Gasteiger partial charge < -0.3 is 14.6 Å². The molecule has 4 rings (SSSR count). The number of fused-ring (bicyclic) bond motifs is 1. The number of hydrogen-bond acceptors (Lipinski definition) is 5. The van der Waals surface area contributed by atoms with Gasteiger partial charge >= 0.3 is 0 Å². The molecule has 0 spiro atoms. The number of nitrogens with one attached hydrogen (secondary N) is 1. The van der Waals surface area contributed by atoms with Gasteiger partial charge in [0.15, 0.2) is 5.82 Å². The van der Waals surface area contributed by atoms with Crippen LogP contribution in [-0.2, 0) is 22.6 Å². The molecule has 1 aromatic heterocycles. The Balaban J connectivity index is 1.34. The maximum atomic E-state index is 12.2. The van der Waals surface area contributed by atoms with E-state index in [0.29, 0.717) is 19.6 Å². The number of benzene rings is 1. The molecule has 1 saturated heterocycles. The average molecular weight is 341 g/mol. The van der Waals surface area contributed by atoms with Crippen LogP contribution in [0.4, 0.5) is 0 Å². The largest absolute Gasteiger partial charge is 0.376 e. The molecule has 7 heteroatoms. The Hall–Kier alpha value is -2.25. The Labute approximate surface area is 147 Å². The zero-order chi connectivity index (χ0) is 17.1. The van der Waals surface area contributed by atoms with E-state index in [9.17, 15) is 4.79 Å². The first-order valence-corrected chi connectivity index (χ1v) is 8.88. The van der Waals surface area contributed by atoms with Gasteiger partial charge in [0.05, 0.1) is 19.2 Å². The lowest BCUT2D eigenvalue weighted by atomic mass is 10.2. The summed E-state index contributed by atoms with van der Waals surface area (Å²) in [7, 11) is 0. The van der Waals surface area contributed by atoms with Crippen LogP contribution in [0.1, 0.15) is 18.7 Å². The highest BCUT2D eigenvalue weighted by Gasteiger charge is 2.23. The molecule has 1 atom stereocenters. The van der Waals surface area contributed by atoms with E-state index in [-0.39, 0.29) is 12.0 Å². The van der Waals surface area contributed by atoms with Crippen LogP contribution in [0, 0.1) is 0 Å². The first-order chi connectivity index (χ1) is 12.3. The highest BCUT2D eigenvalue weighted by molar-refractivity contribution is 5.78. The van der Waals surface area contributed by atoms with E-state index in [2.05, 4.69) is 25.0 Å². The smallest absolute Gasteiger partial charge is 0.234 e. The second-order valence-electron chi connectivity index (χ2n) is 6.61. The topological polar surface area (TPSA) is 72.3 Å². The Bertz CT molecular complexity index is 724. The standard InChI is InChI=1S/C18H23N5O2/c24-17(19-11-15-7-4-10-25-15)13-22-8-9-23-16(12-22)20-21-18(23)14-5-2-1-3-6-14/h1-3,5-6,15H,4,7-13H2,(H,19,24)/t15-/m0/s1. The molecule has 3 heterocycles. The van der Waals surface area contributed by atoms with Crippen LogP contribution in [0.5, 0.6) is 0 Å². The highest BCUT2D eigenvalue weighted by atomic mass is 16.5. The van der Waals surface area contributed by atoms with Crippen molar-refractivity contribution in [3.05, 3.63) is 36.2 Å². The van der Waals surface area contributed by atoms with Crippen LogP contribution < -0.4 is 5.32 Å². The van der Waals surface area contributed by atoms with Gasteiger partial charge in [-0.2, -0.15) is 0 Å². The van der Waals surface area contributed by atoms with Gasteiger partial charge in [0.2, 0.25) is 5.91 Å². The number of nitrogens with zero attached hydrogens (tertiary/aromatic N) is 4. The number of carbonyl (C=O) groups is 1. The van der Waals surface area contributed by atoms with E-state index < -0.39 is 0 Å². The number of amides is 1. The molecule has 0 saturated carbocycles. The van der Waals surface area contributed by atoms with Crippen molar-refractivity contribution in [1.82, 2.24) is 25.0 Å². The summed E-state index contributed by atoms with van der Waals surface area (Å²) in [5.74, 6) is 1.86. The molecule has 1 fully saturated rings. The van der Waals surface area contributed by atoms with Crippen molar-refractivity contribution >= 4 is 5.91 Å². The molecule has 7 nitrogen and oxygen atoms in total. The Morgan fingerprint density at radius 2 is 2.12 bits per heavy atom. The molecule has 1 aromatic carbocycles. The Morgan fingerprint density at radius 1 is 1.24 bits per heavy atom. The van der Waals surface area contributed by atoms with Crippen LogP contribution in [0.25, 0.3) is 11.4 Å². The van der Waals surface area contributed by atoms with Gasteiger partial charge in [0.1, 0.15) is 5.82 Å². The minimum absolute atomic E-state index is 0.0479. The second kappa shape index (κ2) is 7.33. The van der Waals surface area contributed by atoms with Crippen molar-refractivity contribution in [2.75, 3.05) is 26.2 Å². The SMILES string of the molecule is O=C(CN1CCn2c(nnc2-c2ccccc2)C1)NC[C@@H]1CCCO1. The molecule has 2 aromatic rings. The molecule has 2 aliphatic heterocycles. The van der Waals surface area contributed by atoms with Crippen LogP contribution >= 0.6 is 0 Å². The minimum atomic E-state index is 0.0479. The van der Waals surface area contributed by atoms with Crippen LogP contribution in [0.3, 0.4) is 0 Å². The monoisotopic (exact) mass is 341 g/mol. The summed E-state index contributed by atoms with van der Waals surface area (Å²) in [4.78, 5) is 14.3. The molecule has 1 amide bonds. The fourth-order valence-corrected chi connectivity index (χ4v) is 3.44. The van der Waals surface area contributed by atoms with Crippen LogP contribution in [0.15, 0.2) is 30.3 Å². The summed E-state index contributed by atoms with van der Waals surface area (Å²) in [6.45, 7) is 4.07. The summed E-state index contributed by atoms with van der Waals surface area (Å²) in [5.41, 5.74) is 1.07. The van der Waals surface area contributed by atoms with Gasteiger partial charge in [-0.05, 0) is 12.8 Å². The lowest BCUT2D eigenvalue weighted by molar-refractivity contribution is -0.123. The van der Waals surface area contributed by atoms with Crippen molar-refractivity contribution in [3.63, 3.8) is 0 Å². The van der Waals surface area contributed by atoms with Crippen molar-refractivity contribution in [2.24, 2.45) is 0 Å². The predicted molar refractivity (Wildman–Crippen MR) is 92.7 cm³/mol. The predicted octanol–water partition coefficient (Wildman–Crippen LogP) is 1.06. The van der Waals surface area contributed by atoms with E-state index in [4.69, 9.17) is 4.74 Å². The molecule has 25 heavy (non-hydrogen) atoms. The van der Waals surface area contributed by atoms with E-state index in [0.717, 1.165) is 49.8 Å². The average Bonchev–Trinajstić information content (AvgIpc) is 3.30. The van der Waals surface area contributed by atoms with Gasteiger partial charge in [-0.25, -0.2) is 0 Å². The van der Waals surface area contributed by atoms with Crippen molar-refractivity contribution in [3.8, 4) is 11.4 Å². The number of carbonyl (C=O) groups excluding carboxylic acids is 1. The summed E-state index contributed by atoms with van der Waals surface area (Å²) >= 11 is 0. The molecular weight excluding hydrogens is 318 g/mol. The molecule has 0 radical (unpaired) electrons. The molecule has 0 unspecified atom stereocenters. The number of aromatic nitrogens is 3. The van der Waals surface area contributed by atoms with Crippen molar-refractivity contribution in [2.45, 2.75) is 32.0 Å². The molecule has 2 aliphatic rings. The normalized spacial score (nSPS) is 20.4. The van der Waals surface area contributed by atoms with Gasteiger partial charge in [0, 0.05) is 31.8 Å². The van der Waals surface area contributed by atoms with Crippen LogP contribution in [-0.4, -0.2) is 57.9 Å². The first-order valence-electron chi connectivity index (χ1n) is 8.88. The zero-order valence-electron chi connectivity index (χ0n) is 14.2. The van der Waals surface area contributed by atoms with E-state index >= 15 is 0 Å². The minimum Gasteiger partial charge on any atom is -0.376 e. The maximum Gasteiger partial charge on any atom is 0.234 e. The lowest BCUT2D eigenvalue weighted by Crippen LogP contribution is -2.43. The third-order valence-corrected chi connectivity index (χ3v) is 4.78.